The van der Waals surface area contributed by atoms with E-state index in [1.165, 1.54) is 0 Å². The van der Waals surface area contributed by atoms with Crippen LogP contribution in [0.5, 0.6) is 5.75 Å². The van der Waals surface area contributed by atoms with E-state index in [9.17, 15) is 10.2 Å². The van der Waals surface area contributed by atoms with E-state index in [1.54, 1.807) is 19.1 Å². The van der Waals surface area contributed by atoms with Crippen LogP contribution in [0.4, 0.5) is 0 Å². The predicted octanol–water partition coefficient (Wildman–Crippen LogP) is 2.96. The third-order valence-electron chi connectivity index (χ3n) is 3.09. The van der Waals surface area contributed by atoms with E-state index in [2.05, 4.69) is 0 Å². The highest BCUT2D eigenvalue weighted by molar-refractivity contribution is 5.41. The number of rotatable bonds is 2. The SMILES string of the molecule is Cc1cc(C(C)(O)c2ccccc2)ccc1O. The minimum atomic E-state index is -1.04. The summed E-state index contributed by atoms with van der Waals surface area (Å²) in [4.78, 5) is 0. The Bertz CT molecular complexity index is 516. The Morgan fingerprint density at radius 3 is 2.18 bits per heavy atom. The molecule has 2 heteroatoms. The number of benzene rings is 2. The molecule has 0 amide bonds. The summed E-state index contributed by atoms with van der Waals surface area (Å²) in [6.45, 7) is 3.58. The standard InChI is InChI=1S/C15H16O2/c1-11-10-13(8-9-14(11)16)15(2,17)12-6-4-3-5-7-12/h3-10,16-17H,1-2H3. The molecule has 0 aliphatic heterocycles. The minimum Gasteiger partial charge on any atom is -0.508 e. The Hall–Kier alpha value is -1.80. The van der Waals surface area contributed by atoms with Crippen LogP contribution in [0.1, 0.15) is 23.6 Å². The number of phenols is 1. The summed E-state index contributed by atoms with van der Waals surface area (Å²) >= 11 is 0. The molecule has 0 aliphatic rings. The minimum absolute atomic E-state index is 0.248. The maximum Gasteiger partial charge on any atom is 0.118 e. The van der Waals surface area contributed by atoms with Crippen molar-refractivity contribution in [2.75, 3.05) is 0 Å². The molecule has 0 spiro atoms. The molecule has 0 heterocycles. The second-order valence-electron chi connectivity index (χ2n) is 4.44. The van der Waals surface area contributed by atoms with Gasteiger partial charge in [0.2, 0.25) is 0 Å². The smallest absolute Gasteiger partial charge is 0.118 e. The lowest BCUT2D eigenvalue weighted by Gasteiger charge is -2.25. The van der Waals surface area contributed by atoms with E-state index in [0.29, 0.717) is 0 Å². The van der Waals surface area contributed by atoms with Gasteiger partial charge in [0.15, 0.2) is 0 Å². The van der Waals surface area contributed by atoms with Crippen molar-refractivity contribution in [1.29, 1.82) is 0 Å². The zero-order valence-corrected chi connectivity index (χ0v) is 10.0. The Balaban J connectivity index is 2.48. The van der Waals surface area contributed by atoms with Gasteiger partial charge in [-0.2, -0.15) is 0 Å². The molecule has 88 valence electrons. The Morgan fingerprint density at radius 1 is 0.941 bits per heavy atom. The normalized spacial score (nSPS) is 14.3. The van der Waals surface area contributed by atoms with Gasteiger partial charge in [0.05, 0.1) is 0 Å². The molecule has 0 saturated carbocycles. The van der Waals surface area contributed by atoms with Gasteiger partial charge >= 0.3 is 0 Å². The maximum atomic E-state index is 10.6. The third-order valence-corrected chi connectivity index (χ3v) is 3.09. The molecule has 0 radical (unpaired) electrons. The first kappa shape index (κ1) is 11.7. The van der Waals surface area contributed by atoms with Crippen LogP contribution >= 0.6 is 0 Å². The highest BCUT2D eigenvalue weighted by atomic mass is 16.3. The van der Waals surface area contributed by atoms with Crippen LogP contribution in [-0.2, 0) is 5.60 Å². The molecule has 0 aromatic heterocycles. The molecule has 1 unspecified atom stereocenters. The lowest BCUT2D eigenvalue weighted by atomic mass is 9.87. The van der Waals surface area contributed by atoms with Gasteiger partial charge in [-0.05, 0) is 42.7 Å². The number of phenolic OH excluding ortho intramolecular Hbond substituents is 1. The van der Waals surface area contributed by atoms with E-state index >= 15 is 0 Å². The van der Waals surface area contributed by atoms with E-state index < -0.39 is 5.60 Å². The zero-order valence-electron chi connectivity index (χ0n) is 10.0. The summed E-state index contributed by atoms with van der Waals surface area (Å²) in [5.74, 6) is 0.248. The van der Waals surface area contributed by atoms with Crippen molar-refractivity contribution in [3.63, 3.8) is 0 Å². The molecule has 17 heavy (non-hydrogen) atoms. The first-order valence-corrected chi connectivity index (χ1v) is 5.60. The van der Waals surface area contributed by atoms with Crippen LogP contribution in [0.25, 0.3) is 0 Å². The lowest BCUT2D eigenvalue weighted by molar-refractivity contribution is 0.102. The molecule has 2 N–H and O–H groups in total. The average molecular weight is 228 g/mol. The fraction of sp³-hybridized carbons (Fsp3) is 0.200. The van der Waals surface area contributed by atoms with Gasteiger partial charge in [-0.1, -0.05) is 36.4 Å². The second-order valence-corrected chi connectivity index (χ2v) is 4.44. The molecule has 2 nitrogen and oxygen atoms in total. The van der Waals surface area contributed by atoms with Crippen LogP contribution in [0.3, 0.4) is 0 Å². The molecule has 0 aliphatic carbocycles. The summed E-state index contributed by atoms with van der Waals surface area (Å²) in [5.41, 5.74) is 1.34. The summed E-state index contributed by atoms with van der Waals surface area (Å²) in [7, 11) is 0. The highest BCUT2D eigenvalue weighted by Crippen LogP contribution is 2.31. The molecule has 2 aromatic rings. The third kappa shape index (κ3) is 2.17. The monoisotopic (exact) mass is 228 g/mol. The Morgan fingerprint density at radius 2 is 1.59 bits per heavy atom. The molecule has 0 fully saturated rings. The van der Waals surface area contributed by atoms with Crippen LogP contribution in [0, 0.1) is 6.92 Å². The van der Waals surface area contributed by atoms with Gasteiger partial charge in [-0.3, -0.25) is 0 Å². The van der Waals surface area contributed by atoms with Crippen molar-refractivity contribution in [2.24, 2.45) is 0 Å². The number of aliphatic hydroxyl groups is 1. The van der Waals surface area contributed by atoms with Gasteiger partial charge < -0.3 is 10.2 Å². The topological polar surface area (TPSA) is 40.5 Å². The van der Waals surface area contributed by atoms with E-state index in [4.69, 9.17) is 0 Å². The van der Waals surface area contributed by atoms with E-state index in [1.807, 2.05) is 43.3 Å². The fourth-order valence-electron chi connectivity index (χ4n) is 1.89. The van der Waals surface area contributed by atoms with Crippen molar-refractivity contribution >= 4 is 0 Å². The Kier molecular flexibility index (Phi) is 2.90. The molecular weight excluding hydrogens is 212 g/mol. The van der Waals surface area contributed by atoms with Crippen molar-refractivity contribution < 1.29 is 10.2 Å². The average Bonchev–Trinajstić information content (AvgIpc) is 2.33. The summed E-state index contributed by atoms with van der Waals surface area (Å²) in [5, 5.41) is 20.1. The molecule has 2 aromatic carbocycles. The van der Waals surface area contributed by atoms with E-state index in [0.717, 1.165) is 16.7 Å². The summed E-state index contributed by atoms with van der Waals surface area (Å²) in [6, 6.07) is 14.7. The first-order chi connectivity index (χ1) is 8.01. The van der Waals surface area contributed by atoms with Crippen molar-refractivity contribution in [3.05, 3.63) is 65.2 Å². The quantitative estimate of drug-likeness (QED) is 0.829. The summed E-state index contributed by atoms with van der Waals surface area (Å²) in [6.07, 6.45) is 0. The van der Waals surface area contributed by atoms with Crippen LogP contribution < -0.4 is 0 Å². The largest absolute Gasteiger partial charge is 0.508 e. The van der Waals surface area contributed by atoms with Gasteiger partial charge in [-0.25, -0.2) is 0 Å². The van der Waals surface area contributed by atoms with Crippen molar-refractivity contribution in [1.82, 2.24) is 0 Å². The lowest BCUT2D eigenvalue weighted by Crippen LogP contribution is -2.22. The molecule has 0 bridgehead atoms. The maximum absolute atomic E-state index is 10.6. The van der Waals surface area contributed by atoms with Crippen molar-refractivity contribution in [2.45, 2.75) is 19.4 Å². The molecule has 0 saturated heterocycles. The zero-order chi connectivity index (χ0) is 12.5. The van der Waals surface area contributed by atoms with E-state index in [-0.39, 0.29) is 5.75 Å². The number of aryl methyl sites for hydroxylation is 1. The Labute approximate surface area is 101 Å². The van der Waals surface area contributed by atoms with Gasteiger partial charge in [0.1, 0.15) is 11.4 Å². The molecule has 2 rings (SSSR count). The number of hydrogen-bond acceptors (Lipinski definition) is 2. The molecular formula is C15H16O2. The number of aromatic hydroxyl groups is 1. The second kappa shape index (κ2) is 4.22. The van der Waals surface area contributed by atoms with Gasteiger partial charge in [-0.15, -0.1) is 0 Å². The van der Waals surface area contributed by atoms with Crippen LogP contribution in [-0.4, -0.2) is 10.2 Å². The molecule has 1 atom stereocenters. The van der Waals surface area contributed by atoms with Gasteiger partial charge in [0, 0.05) is 0 Å². The van der Waals surface area contributed by atoms with Crippen LogP contribution in [0.2, 0.25) is 0 Å². The van der Waals surface area contributed by atoms with Crippen molar-refractivity contribution in [3.8, 4) is 5.75 Å². The predicted molar refractivity (Wildman–Crippen MR) is 68.0 cm³/mol. The summed E-state index contributed by atoms with van der Waals surface area (Å²) < 4.78 is 0. The first-order valence-electron chi connectivity index (χ1n) is 5.60. The van der Waals surface area contributed by atoms with Crippen LogP contribution in [0.15, 0.2) is 48.5 Å². The fourth-order valence-corrected chi connectivity index (χ4v) is 1.89. The number of hydrogen-bond donors (Lipinski definition) is 2. The highest BCUT2D eigenvalue weighted by Gasteiger charge is 2.25. The van der Waals surface area contributed by atoms with Gasteiger partial charge in [0.25, 0.3) is 0 Å².